The minimum absolute atomic E-state index is 0.335. The Bertz CT molecular complexity index is 903. The van der Waals surface area contributed by atoms with Crippen molar-refractivity contribution < 1.29 is 14.3 Å². The number of unbranched alkanes of at least 4 members (excludes halogenated alkanes) is 4. The van der Waals surface area contributed by atoms with Crippen molar-refractivity contribution in [1.29, 1.82) is 0 Å². The molecule has 0 saturated heterocycles. The average molecular weight is 424 g/mol. The fraction of sp³-hybridized carbons (Fsp3) is 0.480. The Hall–Kier alpha value is -2.73. The predicted octanol–water partition coefficient (Wildman–Crippen LogP) is 5.53. The topological polar surface area (TPSA) is 66.2 Å². The predicted molar refractivity (Wildman–Crippen MR) is 121 cm³/mol. The Morgan fingerprint density at radius 2 is 1.90 bits per heavy atom. The number of rotatable bonds is 12. The van der Waals surface area contributed by atoms with Gasteiger partial charge in [-0.15, -0.1) is 5.10 Å². The van der Waals surface area contributed by atoms with Crippen LogP contribution in [0, 0.1) is 0 Å². The molecule has 6 nitrogen and oxygen atoms in total. The zero-order chi connectivity index (χ0) is 21.9. The molecular weight excluding hydrogens is 390 g/mol. The number of hydrogen-bond acceptors (Lipinski definition) is 5. The van der Waals surface area contributed by atoms with Gasteiger partial charge in [-0.1, -0.05) is 75.1 Å². The van der Waals surface area contributed by atoms with Gasteiger partial charge in [0.1, 0.15) is 11.3 Å². The van der Waals surface area contributed by atoms with Crippen LogP contribution in [-0.2, 0) is 15.1 Å². The molecule has 1 heterocycles. The van der Waals surface area contributed by atoms with Crippen molar-refractivity contribution in [2.75, 3.05) is 13.2 Å². The first kappa shape index (κ1) is 22.9. The van der Waals surface area contributed by atoms with Gasteiger partial charge < -0.3 is 9.47 Å². The number of carbonyl (C=O) groups excluding carboxylic acids is 1. The van der Waals surface area contributed by atoms with E-state index in [-0.39, 0.29) is 5.97 Å². The highest BCUT2D eigenvalue weighted by Crippen LogP contribution is 2.33. The Balaban J connectivity index is 1.78. The number of hydrogen-bond donors (Lipinski definition) is 0. The number of para-hydroxylation sites is 1. The fourth-order valence-electron chi connectivity index (χ4n) is 3.56. The summed E-state index contributed by atoms with van der Waals surface area (Å²) < 4.78 is 13.4. The highest BCUT2D eigenvalue weighted by molar-refractivity contribution is 5.93. The van der Waals surface area contributed by atoms with Gasteiger partial charge in [-0.25, -0.2) is 9.48 Å². The SMILES string of the molecule is CCCCCCOC(=O)c1ccccc1-n1cc(C2(OCCCC)C=CC=CC2)nn1. The van der Waals surface area contributed by atoms with Gasteiger partial charge in [0.25, 0.3) is 0 Å². The monoisotopic (exact) mass is 423 g/mol. The van der Waals surface area contributed by atoms with Crippen molar-refractivity contribution in [2.45, 2.75) is 64.4 Å². The van der Waals surface area contributed by atoms with Gasteiger partial charge in [-0.05, 0) is 31.1 Å². The van der Waals surface area contributed by atoms with E-state index in [1.54, 1.807) is 10.7 Å². The van der Waals surface area contributed by atoms with Crippen LogP contribution in [0.5, 0.6) is 0 Å². The van der Waals surface area contributed by atoms with E-state index in [9.17, 15) is 4.79 Å². The molecular formula is C25H33N3O3. The van der Waals surface area contributed by atoms with Crippen molar-refractivity contribution >= 4 is 5.97 Å². The third-order valence-corrected chi connectivity index (χ3v) is 5.42. The fourth-order valence-corrected chi connectivity index (χ4v) is 3.56. The smallest absolute Gasteiger partial charge is 0.340 e. The standard InChI is InChI=1S/C25H33N3O3/c1-3-5-7-13-18-30-24(29)21-14-9-10-15-22(21)28-20-23(26-27-28)25(31-19-6-4-2)16-11-8-12-17-25/h8-12,14-16,20H,3-7,13,17-19H2,1-2H3. The first-order valence-corrected chi connectivity index (χ1v) is 11.4. The van der Waals surface area contributed by atoms with Gasteiger partial charge >= 0.3 is 5.97 Å². The average Bonchev–Trinajstić information content (AvgIpc) is 3.31. The first-order chi connectivity index (χ1) is 15.2. The van der Waals surface area contributed by atoms with Gasteiger partial charge in [0.05, 0.1) is 24.1 Å². The maximum Gasteiger partial charge on any atom is 0.340 e. The maximum absolute atomic E-state index is 12.7. The van der Waals surface area contributed by atoms with Crippen LogP contribution in [0.1, 0.15) is 74.8 Å². The Labute approximate surface area is 184 Å². The first-order valence-electron chi connectivity index (χ1n) is 11.4. The molecule has 1 unspecified atom stereocenters. The molecule has 0 amide bonds. The van der Waals surface area contributed by atoms with Gasteiger partial charge in [0, 0.05) is 13.0 Å². The summed E-state index contributed by atoms with van der Waals surface area (Å²) in [5.74, 6) is -0.335. The molecule has 1 aromatic heterocycles. The number of esters is 1. The summed E-state index contributed by atoms with van der Waals surface area (Å²) in [6.45, 7) is 5.39. The minimum Gasteiger partial charge on any atom is -0.462 e. The van der Waals surface area contributed by atoms with E-state index in [1.807, 2.05) is 42.6 Å². The van der Waals surface area contributed by atoms with E-state index in [0.29, 0.717) is 30.9 Å². The van der Waals surface area contributed by atoms with Crippen LogP contribution in [-0.4, -0.2) is 34.2 Å². The second-order valence-electron chi connectivity index (χ2n) is 7.84. The largest absolute Gasteiger partial charge is 0.462 e. The molecule has 0 N–H and O–H groups in total. The lowest BCUT2D eigenvalue weighted by atomic mass is 9.92. The summed E-state index contributed by atoms with van der Waals surface area (Å²) in [5.41, 5.74) is 1.23. The number of aromatic nitrogens is 3. The normalized spacial score (nSPS) is 17.7. The highest BCUT2D eigenvalue weighted by Gasteiger charge is 2.34. The second-order valence-corrected chi connectivity index (χ2v) is 7.84. The van der Waals surface area contributed by atoms with E-state index in [0.717, 1.165) is 44.2 Å². The molecule has 0 spiro atoms. The van der Waals surface area contributed by atoms with E-state index in [2.05, 4.69) is 30.2 Å². The van der Waals surface area contributed by atoms with Crippen molar-refractivity contribution in [3.8, 4) is 5.69 Å². The summed E-state index contributed by atoms with van der Waals surface area (Å²) in [6, 6.07) is 7.33. The summed E-state index contributed by atoms with van der Waals surface area (Å²) in [4.78, 5) is 12.7. The van der Waals surface area contributed by atoms with Crippen LogP contribution in [0.25, 0.3) is 5.69 Å². The number of nitrogens with zero attached hydrogens (tertiary/aromatic N) is 3. The molecule has 1 aromatic carbocycles. The third-order valence-electron chi connectivity index (χ3n) is 5.42. The lowest BCUT2D eigenvalue weighted by Gasteiger charge is -2.29. The van der Waals surface area contributed by atoms with E-state index in [4.69, 9.17) is 9.47 Å². The Kier molecular flexibility index (Phi) is 8.59. The number of carbonyl (C=O) groups is 1. The maximum atomic E-state index is 12.7. The molecule has 0 aliphatic heterocycles. The lowest BCUT2D eigenvalue weighted by Crippen LogP contribution is -2.29. The molecule has 1 atom stereocenters. The van der Waals surface area contributed by atoms with E-state index >= 15 is 0 Å². The summed E-state index contributed by atoms with van der Waals surface area (Å²) >= 11 is 0. The minimum atomic E-state index is -0.628. The molecule has 0 fully saturated rings. The van der Waals surface area contributed by atoms with Crippen molar-refractivity contribution in [2.24, 2.45) is 0 Å². The molecule has 0 bridgehead atoms. The third kappa shape index (κ3) is 5.91. The zero-order valence-electron chi connectivity index (χ0n) is 18.6. The van der Waals surface area contributed by atoms with Crippen LogP contribution in [0.3, 0.4) is 0 Å². The lowest BCUT2D eigenvalue weighted by molar-refractivity contribution is -0.0157. The number of ether oxygens (including phenoxy) is 2. The molecule has 1 aliphatic carbocycles. The highest BCUT2D eigenvalue weighted by atomic mass is 16.5. The Morgan fingerprint density at radius 3 is 2.68 bits per heavy atom. The number of benzene rings is 1. The molecule has 0 radical (unpaired) electrons. The van der Waals surface area contributed by atoms with Crippen LogP contribution in [0.2, 0.25) is 0 Å². The van der Waals surface area contributed by atoms with Gasteiger partial charge in [-0.2, -0.15) is 0 Å². The van der Waals surface area contributed by atoms with Gasteiger partial charge in [0.15, 0.2) is 0 Å². The van der Waals surface area contributed by atoms with Crippen LogP contribution in [0.4, 0.5) is 0 Å². The van der Waals surface area contributed by atoms with E-state index < -0.39 is 5.60 Å². The second kappa shape index (κ2) is 11.6. The van der Waals surface area contributed by atoms with Crippen molar-refractivity contribution in [3.05, 3.63) is 66.0 Å². The summed E-state index contributed by atoms with van der Waals surface area (Å²) in [6.07, 6.45) is 17.0. The summed E-state index contributed by atoms with van der Waals surface area (Å²) in [5, 5.41) is 8.73. The number of allylic oxidation sites excluding steroid dienone is 2. The van der Waals surface area contributed by atoms with Crippen LogP contribution < -0.4 is 0 Å². The zero-order valence-corrected chi connectivity index (χ0v) is 18.6. The van der Waals surface area contributed by atoms with Crippen molar-refractivity contribution in [3.63, 3.8) is 0 Å². The quantitative estimate of drug-likeness (QED) is 0.332. The molecule has 1 aliphatic rings. The van der Waals surface area contributed by atoms with Crippen molar-refractivity contribution in [1.82, 2.24) is 15.0 Å². The van der Waals surface area contributed by atoms with Crippen LogP contribution in [0.15, 0.2) is 54.8 Å². The van der Waals surface area contributed by atoms with Gasteiger partial charge in [0.2, 0.25) is 0 Å². The molecule has 0 saturated carbocycles. The molecule has 2 aromatic rings. The summed E-state index contributed by atoms with van der Waals surface area (Å²) in [7, 11) is 0. The molecule has 6 heteroatoms. The molecule has 3 rings (SSSR count). The molecule has 31 heavy (non-hydrogen) atoms. The molecule has 166 valence electrons. The Morgan fingerprint density at radius 1 is 1.06 bits per heavy atom. The van der Waals surface area contributed by atoms with E-state index in [1.165, 1.54) is 0 Å². The van der Waals surface area contributed by atoms with Gasteiger partial charge in [-0.3, -0.25) is 0 Å². The van der Waals surface area contributed by atoms with Crippen LogP contribution >= 0.6 is 0 Å².